The van der Waals surface area contributed by atoms with Crippen LogP contribution in [-0.2, 0) is 0 Å². The van der Waals surface area contributed by atoms with Gasteiger partial charge in [-0.15, -0.1) is 0 Å². The van der Waals surface area contributed by atoms with Crippen LogP contribution in [-0.4, -0.2) is 34.5 Å². The molecule has 0 N–H and O–H groups in total. The number of likely N-dealkylation sites (tertiary alicyclic amines) is 1. The minimum Gasteiger partial charge on any atom is -0.342 e. The Labute approximate surface area is 98.4 Å². The number of nitro groups is 1. The van der Waals surface area contributed by atoms with Crippen LogP contribution in [0.25, 0.3) is 10.9 Å². The lowest BCUT2D eigenvalue weighted by molar-refractivity contribution is -0.384. The highest BCUT2D eigenvalue weighted by Crippen LogP contribution is 2.28. The summed E-state index contributed by atoms with van der Waals surface area (Å²) in [5, 5.41) is 11.6. The number of nitro benzene ring substituents is 1. The number of non-ortho nitro benzene ring substituents is 1. The molecule has 0 bridgehead atoms. The van der Waals surface area contributed by atoms with Crippen LogP contribution in [0.4, 0.5) is 5.69 Å². The van der Waals surface area contributed by atoms with Crippen LogP contribution >= 0.6 is 0 Å². The summed E-state index contributed by atoms with van der Waals surface area (Å²) in [4.78, 5) is 12.6. The number of rotatable bonds is 2. The van der Waals surface area contributed by atoms with Crippen molar-refractivity contribution in [2.24, 2.45) is 0 Å². The molecule has 0 spiro atoms. The van der Waals surface area contributed by atoms with Gasteiger partial charge in [-0.05, 0) is 19.2 Å². The molecule has 1 aliphatic heterocycles. The fourth-order valence-corrected chi connectivity index (χ4v) is 2.43. The summed E-state index contributed by atoms with van der Waals surface area (Å²) in [6.07, 6.45) is 2.02. The summed E-state index contributed by atoms with van der Waals surface area (Å²) in [6.45, 7) is 2.08. The molecule has 5 heteroatoms. The van der Waals surface area contributed by atoms with Crippen molar-refractivity contribution < 1.29 is 4.92 Å². The Hall–Kier alpha value is -1.88. The molecule has 2 aromatic rings. The van der Waals surface area contributed by atoms with Gasteiger partial charge in [-0.25, -0.2) is 0 Å². The summed E-state index contributed by atoms with van der Waals surface area (Å²) >= 11 is 0. The van der Waals surface area contributed by atoms with Gasteiger partial charge in [0.2, 0.25) is 0 Å². The van der Waals surface area contributed by atoms with Crippen molar-refractivity contribution in [3.05, 3.63) is 40.6 Å². The fourth-order valence-electron chi connectivity index (χ4n) is 2.43. The van der Waals surface area contributed by atoms with Crippen molar-refractivity contribution >= 4 is 16.6 Å². The topological polar surface area (TPSA) is 51.3 Å². The Morgan fingerprint density at radius 1 is 1.35 bits per heavy atom. The minimum absolute atomic E-state index is 0.154. The average molecular weight is 231 g/mol. The van der Waals surface area contributed by atoms with Gasteiger partial charge in [0, 0.05) is 42.3 Å². The zero-order chi connectivity index (χ0) is 12.0. The van der Waals surface area contributed by atoms with Gasteiger partial charge in [-0.1, -0.05) is 0 Å². The zero-order valence-electron chi connectivity index (χ0n) is 9.54. The number of aromatic nitrogens is 1. The van der Waals surface area contributed by atoms with E-state index >= 15 is 0 Å². The Morgan fingerprint density at radius 3 is 2.76 bits per heavy atom. The highest BCUT2D eigenvalue weighted by molar-refractivity contribution is 5.82. The van der Waals surface area contributed by atoms with Crippen LogP contribution in [0.15, 0.2) is 30.5 Å². The zero-order valence-corrected chi connectivity index (χ0v) is 9.54. The van der Waals surface area contributed by atoms with Crippen molar-refractivity contribution in [2.45, 2.75) is 6.04 Å². The van der Waals surface area contributed by atoms with Crippen LogP contribution in [0.3, 0.4) is 0 Å². The summed E-state index contributed by atoms with van der Waals surface area (Å²) in [5.41, 5.74) is 1.23. The molecule has 0 unspecified atom stereocenters. The number of nitrogens with zero attached hydrogens (tertiary/aromatic N) is 3. The second kappa shape index (κ2) is 3.56. The molecule has 88 valence electrons. The van der Waals surface area contributed by atoms with Gasteiger partial charge in [0.05, 0.1) is 11.0 Å². The third-order valence-electron chi connectivity index (χ3n) is 3.35. The van der Waals surface area contributed by atoms with Crippen molar-refractivity contribution in [3.8, 4) is 0 Å². The van der Waals surface area contributed by atoms with Gasteiger partial charge in [0.1, 0.15) is 0 Å². The van der Waals surface area contributed by atoms with E-state index in [9.17, 15) is 10.1 Å². The van der Waals surface area contributed by atoms with E-state index in [1.54, 1.807) is 12.1 Å². The molecule has 1 aromatic heterocycles. The van der Waals surface area contributed by atoms with Crippen molar-refractivity contribution in [3.63, 3.8) is 0 Å². The number of likely N-dealkylation sites (N-methyl/N-ethyl adjacent to an activating group) is 1. The first-order valence-corrected chi connectivity index (χ1v) is 5.58. The molecular weight excluding hydrogens is 218 g/mol. The summed E-state index contributed by atoms with van der Waals surface area (Å²) in [6, 6.07) is 7.49. The monoisotopic (exact) mass is 231 g/mol. The Morgan fingerprint density at radius 2 is 2.12 bits per heavy atom. The number of hydrogen-bond acceptors (Lipinski definition) is 3. The Balaban J connectivity index is 2.02. The molecule has 1 aliphatic rings. The molecule has 5 nitrogen and oxygen atoms in total. The molecule has 1 aromatic carbocycles. The molecule has 0 aliphatic carbocycles. The van der Waals surface area contributed by atoms with Crippen molar-refractivity contribution in [1.29, 1.82) is 0 Å². The van der Waals surface area contributed by atoms with Crippen LogP contribution in [0.2, 0.25) is 0 Å². The van der Waals surface area contributed by atoms with Gasteiger partial charge in [0.15, 0.2) is 0 Å². The van der Waals surface area contributed by atoms with Gasteiger partial charge in [-0.2, -0.15) is 0 Å². The number of benzene rings is 1. The highest BCUT2D eigenvalue weighted by Gasteiger charge is 2.25. The van der Waals surface area contributed by atoms with Crippen molar-refractivity contribution in [1.82, 2.24) is 9.47 Å². The molecule has 3 rings (SSSR count). The average Bonchev–Trinajstić information content (AvgIpc) is 2.67. The first kappa shape index (κ1) is 10.3. The minimum atomic E-state index is -0.353. The molecule has 2 heterocycles. The quantitative estimate of drug-likeness (QED) is 0.587. The smallest absolute Gasteiger partial charge is 0.270 e. The van der Waals surface area contributed by atoms with Crippen LogP contribution in [0.5, 0.6) is 0 Å². The van der Waals surface area contributed by atoms with Gasteiger partial charge in [-0.3, -0.25) is 10.1 Å². The number of hydrogen-bond donors (Lipinski definition) is 0. The second-order valence-corrected chi connectivity index (χ2v) is 4.60. The van der Waals surface area contributed by atoms with Crippen LogP contribution in [0, 0.1) is 10.1 Å². The van der Waals surface area contributed by atoms with E-state index in [2.05, 4.69) is 16.5 Å². The van der Waals surface area contributed by atoms with Crippen LogP contribution in [0.1, 0.15) is 6.04 Å². The van der Waals surface area contributed by atoms with Gasteiger partial charge < -0.3 is 9.47 Å². The largest absolute Gasteiger partial charge is 0.342 e. The van der Waals surface area contributed by atoms with E-state index in [1.807, 2.05) is 18.3 Å². The normalized spacial score (nSPS) is 17.2. The SMILES string of the molecule is CN1CC(n2ccc3cc([N+](=O)[O-])ccc32)C1. The number of fused-ring (bicyclic) bond motifs is 1. The second-order valence-electron chi connectivity index (χ2n) is 4.60. The lowest BCUT2D eigenvalue weighted by atomic mass is 10.1. The van der Waals surface area contributed by atoms with E-state index in [0.29, 0.717) is 6.04 Å². The lowest BCUT2D eigenvalue weighted by Crippen LogP contribution is -2.44. The fraction of sp³-hybridized carbons (Fsp3) is 0.333. The van der Waals surface area contributed by atoms with E-state index in [1.165, 1.54) is 0 Å². The first-order valence-electron chi connectivity index (χ1n) is 5.58. The summed E-state index contributed by atoms with van der Waals surface area (Å²) in [7, 11) is 2.09. The maximum atomic E-state index is 10.7. The third-order valence-corrected chi connectivity index (χ3v) is 3.35. The molecule has 0 saturated carbocycles. The maximum absolute atomic E-state index is 10.7. The molecular formula is C12H13N3O2. The predicted octanol–water partition coefficient (Wildman–Crippen LogP) is 2.04. The molecule has 0 radical (unpaired) electrons. The van der Waals surface area contributed by atoms with E-state index in [0.717, 1.165) is 24.0 Å². The van der Waals surface area contributed by atoms with Gasteiger partial charge >= 0.3 is 0 Å². The van der Waals surface area contributed by atoms with Crippen LogP contribution < -0.4 is 0 Å². The molecule has 1 fully saturated rings. The maximum Gasteiger partial charge on any atom is 0.270 e. The standard InChI is InChI=1S/C12H13N3O2/c1-13-7-11(8-13)14-5-4-9-6-10(15(16)17)2-3-12(9)14/h2-6,11H,7-8H2,1H3. The Kier molecular flexibility index (Phi) is 2.16. The summed E-state index contributed by atoms with van der Waals surface area (Å²) < 4.78 is 2.21. The van der Waals surface area contributed by atoms with Gasteiger partial charge in [0.25, 0.3) is 5.69 Å². The van der Waals surface area contributed by atoms with E-state index in [4.69, 9.17) is 0 Å². The molecule has 17 heavy (non-hydrogen) atoms. The Bertz CT molecular complexity index is 584. The summed E-state index contributed by atoms with van der Waals surface area (Å²) in [5.74, 6) is 0. The molecule has 0 atom stereocenters. The third kappa shape index (κ3) is 1.59. The molecule has 1 saturated heterocycles. The predicted molar refractivity (Wildman–Crippen MR) is 65.1 cm³/mol. The first-order chi connectivity index (χ1) is 8.15. The van der Waals surface area contributed by atoms with E-state index in [-0.39, 0.29) is 10.6 Å². The van der Waals surface area contributed by atoms with Crippen molar-refractivity contribution in [2.75, 3.05) is 20.1 Å². The lowest BCUT2D eigenvalue weighted by Gasteiger charge is -2.37. The highest BCUT2D eigenvalue weighted by atomic mass is 16.6. The van der Waals surface area contributed by atoms with E-state index < -0.39 is 0 Å². The molecule has 0 amide bonds.